The summed E-state index contributed by atoms with van der Waals surface area (Å²) in [5.74, 6) is 0.933. The van der Waals surface area contributed by atoms with Gasteiger partial charge in [-0.3, -0.25) is 0 Å². The van der Waals surface area contributed by atoms with Crippen molar-refractivity contribution in [2.75, 3.05) is 13.2 Å². The molecule has 0 aliphatic rings. The molecule has 1 atom stereocenters. The number of benzene rings is 1. The van der Waals surface area contributed by atoms with Crippen LogP contribution in [0.2, 0.25) is 0 Å². The molecule has 0 aliphatic carbocycles. The van der Waals surface area contributed by atoms with Gasteiger partial charge < -0.3 is 10.5 Å². The number of hydrogen-bond acceptors (Lipinski definition) is 3. The molecule has 2 nitrogen and oxygen atoms in total. The number of nitrogens with two attached hydrogens (primary N) is 1. The Kier molecular flexibility index (Phi) is 5.58. The predicted octanol–water partition coefficient (Wildman–Crippen LogP) is 2.91. The van der Waals surface area contributed by atoms with Gasteiger partial charge in [-0.05, 0) is 37.6 Å². The van der Waals surface area contributed by atoms with Crippen LogP contribution < -0.4 is 10.5 Å². The third kappa shape index (κ3) is 4.14. The highest BCUT2D eigenvalue weighted by molar-refractivity contribution is 8.00. The number of hydrogen-bond donors (Lipinski definition) is 1. The summed E-state index contributed by atoms with van der Waals surface area (Å²) in [5.41, 5.74) is 5.66. The smallest absolute Gasteiger partial charge is 0.119 e. The molecule has 3 heteroatoms. The second-order valence-corrected chi connectivity index (χ2v) is 4.66. The number of rotatable bonds is 6. The van der Waals surface area contributed by atoms with Gasteiger partial charge in [-0.15, -0.1) is 11.8 Å². The molecule has 0 fully saturated rings. The van der Waals surface area contributed by atoms with Crippen LogP contribution in [0.1, 0.15) is 20.3 Å². The van der Waals surface area contributed by atoms with E-state index in [9.17, 15) is 0 Å². The minimum absolute atomic E-state index is 0.517. The lowest BCUT2D eigenvalue weighted by atomic mass is 10.3. The van der Waals surface area contributed by atoms with Gasteiger partial charge in [0.25, 0.3) is 0 Å². The molecule has 1 rings (SSSR count). The van der Waals surface area contributed by atoms with Gasteiger partial charge >= 0.3 is 0 Å². The van der Waals surface area contributed by atoms with Crippen LogP contribution in [0.3, 0.4) is 0 Å². The van der Waals surface area contributed by atoms with E-state index in [1.807, 2.05) is 30.8 Å². The van der Waals surface area contributed by atoms with Gasteiger partial charge in [-0.25, -0.2) is 0 Å². The lowest BCUT2D eigenvalue weighted by Gasteiger charge is -2.11. The van der Waals surface area contributed by atoms with Gasteiger partial charge in [0.15, 0.2) is 0 Å². The average Bonchev–Trinajstić information content (AvgIpc) is 2.28. The van der Waals surface area contributed by atoms with Crippen LogP contribution in [-0.2, 0) is 0 Å². The molecular weight excluding hydrogens is 206 g/mol. The maximum Gasteiger partial charge on any atom is 0.119 e. The van der Waals surface area contributed by atoms with Gasteiger partial charge in [-0.2, -0.15) is 0 Å². The minimum atomic E-state index is 0.517. The Hall–Kier alpha value is -0.670. The second-order valence-electron chi connectivity index (χ2n) is 3.29. The molecule has 0 aliphatic heterocycles. The van der Waals surface area contributed by atoms with Crippen molar-refractivity contribution >= 4 is 11.8 Å². The summed E-state index contributed by atoms with van der Waals surface area (Å²) in [6, 6.07) is 8.20. The van der Waals surface area contributed by atoms with Crippen molar-refractivity contribution in [3.05, 3.63) is 24.3 Å². The van der Waals surface area contributed by atoms with Crippen LogP contribution in [0.4, 0.5) is 0 Å². The van der Waals surface area contributed by atoms with E-state index in [1.54, 1.807) is 0 Å². The van der Waals surface area contributed by atoms with Crippen LogP contribution in [-0.4, -0.2) is 18.4 Å². The minimum Gasteiger partial charge on any atom is -0.494 e. The fourth-order valence-electron chi connectivity index (χ4n) is 1.27. The Morgan fingerprint density at radius 3 is 2.40 bits per heavy atom. The van der Waals surface area contributed by atoms with Crippen LogP contribution in [0, 0.1) is 0 Å². The summed E-state index contributed by atoms with van der Waals surface area (Å²) in [6.07, 6.45) is 1.11. The van der Waals surface area contributed by atoms with E-state index in [1.165, 1.54) is 4.90 Å². The monoisotopic (exact) mass is 225 g/mol. The first-order valence-corrected chi connectivity index (χ1v) is 6.27. The van der Waals surface area contributed by atoms with Crippen molar-refractivity contribution < 1.29 is 4.74 Å². The molecule has 1 aromatic carbocycles. The summed E-state index contributed by atoms with van der Waals surface area (Å²) < 4.78 is 5.38. The highest BCUT2D eigenvalue weighted by atomic mass is 32.2. The summed E-state index contributed by atoms with van der Waals surface area (Å²) >= 11 is 1.83. The van der Waals surface area contributed by atoms with E-state index in [-0.39, 0.29) is 0 Å². The number of thioether (sulfide) groups is 1. The summed E-state index contributed by atoms with van der Waals surface area (Å²) in [7, 11) is 0. The van der Waals surface area contributed by atoms with E-state index in [2.05, 4.69) is 19.1 Å². The lowest BCUT2D eigenvalue weighted by Crippen LogP contribution is -2.15. The van der Waals surface area contributed by atoms with Gasteiger partial charge in [-0.1, -0.05) is 6.92 Å². The van der Waals surface area contributed by atoms with E-state index < -0.39 is 0 Å². The van der Waals surface area contributed by atoms with Crippen LogP contribution in [0.5, 0.6) is 5.75 Å². The molecule has 0 spiro atoms. The van der Waals surface area contributed by atoms with Crippen molar-refractivity contribution in [2.45, 2.75) is 30.4 Å². The van der Waals surface area contributed by atoms with Crippen molar-refractivity contribution in [1.82, 2.24) is 0 Å². The molecule has 15 heavy (non-hydrogen) atoms. The fourth-order valence-corrected chi connectivity index (χ4v) is 2.21. The van der Waals surface area contributed by atoms with E-state index in [0.29, 0.717) is 11.9 Å². The third-order valence-corrected chi connectivity index (χ3v) is 3.56. The molecule has 0 aromatic heterocycles. The third-order valence-electron chi connectivity index (χ3n) is 2.16. The summed E-state index contributed by atoms with van der Waals surface area (Å²) in [5, 5.41) is 0.517. The standard InChI is InChI=1S/C12H19NOS/c1-3-11(9-13)15-12-7-5-10(6-8-12)14-4-2/h5-8,11H,3-4,9,13H2,1-2H3. The molecule has 0 saturated heterocycles. The average molecular weight is 225 g/mol. The molecule has 84 valence electrons. The second kappa shape index (κ2) is 6.75. The fraction of sp³-hybridized carbons (Fsp3) is 0.500. The summed E-state index contributed by atoms with van der Waals surface area (Å²) in [4.78, 5) is 1.26. The maximum atomic E-state index is 5.66. The van der Waals surface area contributed by atoms with E-state index >= 15 is 0 Å². The molecule has 0 bridgehead atoms. The normalized spacial score (nSPS) is 12.5. The molecule has 0 radical (unpaired) electrons. The molecule has 1 aromatic rings. The van der Waals surface area contributed by atoms with Gasteiger partial charge in [0, 0.05) is 16.7 Å². The van der Waals surface area contributed by atoms with Crippen LogP contribution in [0.15, 0.2) is 29.2 Å². The van der Waals surface area contributed by atoms with Crippen molar-refractivity contribution in [3.8, 4) is 5.75 Å². The highest BCUT2D eigenvalue weighted by Gasteiger charge is 2.05. The van der Waals surface area contributed by atoms with Crippen molar-refractivity contribution in [2.24, 2.45) is 5.73 Å². The lowest BCUT2D eigenvalue weighted by molar-refractivity contribution is 0.340. The zero-order valence-electron chi connectivity index (χ0n) is 9.40. The SMILES string of the molecule is CCOc1ccc(SC(CC)CN)cc1. The quantitative estimate of drug-likeness (QED) is 0.756. The number of ether oxygens (including phenoxy) is 1. The van der Waals surface area contributed by atoms with E-state index in [4.69, 9.17) is 10.5 Å². The molecular formula is C12H19NOS. The zero-order valence-corrected chi connectivity index (χ0v) is 10.2. The first kappa shape index (κ1) is 12.4. The highest BCUT2D eigenvalue weighted by Crippen LogP contribution is 2.26. The Morgan fingerprint density at radius 2 is 1.93 bits per heavy atom. The Morgan fingerprint density at radius 1 is 1.27 bits per heavy atom. The predicted molar refractivity (Wildman–Crippen MR) is 66.6 cm³/mol. The molecule has 0 heterocycles. The van der Waals surface area contributed by atoms with Crippen molar-refractivity contribution in [3.63, 3.8) is 0 Å². The molecule has 1 unspecified atom stereocenters. The molecule has 0 saturated carbocycles. The topological polar surface area (TPSA) is 35.2 Å². The Labute approximate surface area is 96.2 Å². The van der Waals surface area contributed by atoms with Crippen LogP contribution in [0.25, 0.3) is 0 Å². The zero-order chi connectivity index (χ0) is 11.1. The first-order chi connectivity index (χ1) is 7.30. The van der Waals surface area contributed by atoms with Crippen molar-refractivity contribution in [1.29, 1.82) is 0 Å². The Balaban J connectivity index is 2.55. The molecule has 0 amide bonds. The van der Waals surface area contributed by atoms with Gasteiger partial charge in [0.1, 0.15) is 5.75 Å². The Bertz CT molecular complexity index is 269. The largest absolute Gasteiger partial charge is 0.494 e. The van der Waals surface area contributed by atoms with Crippen LogP contribution >= 0.6 is 11.8 Å². The van der Waals surface area contributed by atoms with E-state index in [0.717, 1.165) is 18.7 Å². The summed E-state index contributed by atoms with van der Waals surface area (Å²) in [6.45, 7) is 5.60. The van der Waals surface area contributed by atoms with Gasteiger partial charge in [0.2, 0.25) is 0 Å². The molecule has 2 N–H and O–H groups in total. The maximum absolute atomic E-state index is 5.66. The van der Waals surface area contributed by atoms with Gasteiger partial charge in [0.05, 0.1) is 6.61 Å². The first-order valence-electron chi connectivity index (χ1n) is 5.39.